The van der Waals surface area contributed by atoms with E-state index in [1.807, 2.05) is 12.1 Å². The van der Waals surface area contributed by atoms with Crippen LogP contribution >= 0.6 is 23.2 Å². The molecule has 1 fully saturated rings. The van der Waals surface area contributed by atoms with E-state index >= 15 is 0 Å². The molecule has 0 aromatic heterocycles. The molecule has 1 aliphatic rings. The van der Waals surface area contributed by atoms with E-state index in [0.717, 1.165) is 31.1 Å². The van der Waals surface area contributed by atoms with Gasteiger partial charge in [0.1, 0.15) is 0 Å². The lowest BCUT2D eigenvalue weighted by Gasteiger charge is -2.32. The largest absolute Gasteiger partial charge is 0.316 e. The van der Waals surface area contributed by atoms with E-state index in [0.29, 0.717) is 10.0 Å². The summed E-state index contributed by atoms with van der Waals surface area (Å²) in [4.78, 5) is 2.37. The Labute approximate surface area is 126 Å². The Morgan fingerprint density at radius 3 is 2.89 bits per heavy atom. The maximum atomic E-state index is 6.30. The third-order valence-corrected chi connectivity index (χ3v) is 4.87. The molecule has 2 unspecified atom stereocenters. The van der Waals surface area contributed by atoms with Crippen molar-refractivity contribution in [2.75, 3.05) is 26.7 Å². The fourth-order valence-electron chi connectivity index (χ4n) is 2.73. The van der Waals surface area contributed by atoms with Gasteiger partial charge in [-0.2, -0.15) is 0 Å². The lowest BCUT2D eigenvalue weighted by Crippen LogP contribution is -2.37. The summed E-state index contributed by atoms with van der Waals surface area (Å²) in [6.45, 7) is 5.57. The molecule has 0 amide bonds. The number of hydrogen-bond acceptors (Lipinski definition) is 2. The topological polar surface area (TPSA) is 15.3 Å². The number of piperidine rings is 1. The van der Waals surface area contributed by atoms with Crippen molar-refractivity contribution in [3.8, 4) is 0 Å². The van der Waals surface area contributed by atoms with Crippen LogP contribution in [-0.2, 0) is 0 Å². The first kappa shape index (κ1) is 15.1. The zero-order valence-electron chi connectivity index (χ0n) is 11.6. The van der Waals surface area contributed by atoms with E-state index in [4.69, 9.17) is 23.2 Å². The number of nitrogens with zero attached hydrogens (tertiary/aromatic N) is 1. The molecule has 0 aliphatic carbocycles. The molecule has 0 spiro atoms. The molecule has 4 heteroatoms. The number of rotatable bonds is 4. The van der Waals surface area contributed by atoms with Gasteiger partial charge in [0.15, 0.2) is 0 Å². The smallest absolute Gasteiger partial charge is 0.0640 e. The summed E-state index contributed by atoms with van der Waals surface area (Å²) in [5, 5.41) is 4.79. The molecule has 1 aromatic carbocycles. The lowest BCUT2D eigenvalue weighted by molar-refractivity contribution is 0.199. The molecule has 1 aromatic rings. The molecule has 1 heterocycles. The molecule has 0 radical (unpaired) electrons. The predicted molar refractivity (Wildman–Crippen MR) is 83.1 cm³/mol. The van der Waals surface area contributed by atoms with Gasteiger partial charge in [-0.3, -0.25) is 4.90 Å². The zero-order valence-corrected chi connectivity index (χ0v) is 13.1. The Kier molecular flexibility index (Phi) is 5.52. The summed E-state index contributed by atoms with van der Waals surface area (Å²) in [5.74, 6) is 0.735. The van der Waals surface area contributed by atoms with Gasteiger partial charge in [-0.1, -0.05) is 35.3 Å². The third kappa shape index (κ3) is 3.85. The molecular weight excluding hydrogens is 279 g/mol. The van der Waals surface area contributed by atoms with E-state index in [1.165, 1.54) is 12.8 Å². The number of halogens is 2. The minimum Gasteiger partial charge on any atom is -0.316 e. The molecule has 2 nitrogen and oxygen atoms in total. The number of benzene rings is 1. The highest BCUT2D eigenvalue weighted by atomic mass is 35.5. The van der Waals surface area contributed by atoms with Crippen LogP contribution in [0.15, 0.2) is 18.2 Å². The summed E-state index contributed by atoms with van der Waals surface area (Å²) in [7, 11) is 2.16. The van der Waals surface area contributed by atoms with Crippen LogP contribution in [-0.4, -0.2) is 31.6 Å². The van der Waals surface area contributed by atoms with E-state index in [-0.39, 0.29) is 6.04 Å². The fourth-order valence-corrected chi connectivity index (χ4v) is 3.19. The van der Waals surface area contributed by atoms with Gasteiger partial charge in [0.2, 0.25) is 0 Å². The first-order valence-electron chi connectivity index (χ1n) is 6.94. The van der Waals surface area contributed by atoms with Crippen LogP contribution in [0.5, 0.6) is 0 Å². The second-order valence-electron chi connectivity index (χ2n) is 5.47. The SMILES string of the molecule is CC(c1cccc(Cl)c1Cl)N(C)CC1CCCNC1. The summed E-state index contributed by atoms with van der Waals surface area (Å²) in [5.41, 5.74) is 1.11. The standard InChI is InChI=1S/C15H22Cl2N2/c1-11(13-6-3-7-14(16)15(13)17)19(2)10-12-5-4-8-18-9-12/h3,6-7,11-12,18H,4-5,8-10H2,1-2H3. The summed E-state index contributed by atoms with van der Waals surface area (Å²) in [6.07, 6.45) is 2.60. The average molecular weight is 301 g/mol. The zero-order chi connectivity index (χ0) is 13.8. The lowest BCUT2D eigenvalue weighted by atomic mass is 9.98. The highest BCUT2D eigenvalue weighted by molar-refractivity contribution is 6.42. The fraction of sp³-hybridized carbons (Fsp3) is 0.600. The Morgan fingerprint density at radius 1 is 1.42 bits per heavy atom. The second-order valence-corrected chi connectivity index (χ2v) is 6.26. The minimum absolute atomic E-state index is 0.285. The Morgan fingerprint density at radius 2 is 2.21 bits per heavy atom. The van der Waals surface area contributed by atoms with Gasteiger partial charge >= 0.3 is 0 Å². The Bertz CT molecular complexity index is 417. The van der Waals surface area contributed by atoms with Crippen LogP contribution in [0.25, 0.3) is 0 Å². The van der Waals surface area contributed by atoms with Gasteiger partial charge in [0.05, 0.1) is 10.0 Å². The molecule has 0 bridgehead atoms. The summed E-state index contributed by atoms with van der Waals surface area (Å²) >= 11 is 12.4. The van der Waals surface area contributed by atoms with Crippen LogP contribution in [0.2, 0.25) is 10.0 Å². The van der Waals surface area contributed by atoms with Gasteiger partial charge in [-0.05, 0) is 57.5 Å². The highest BCUT2D eigenvalue weighted by Gasteiger charge is 2.20. The van der Waals surface area contributed by atoms with Crippen molar-refractivity contribution < 1.29 is 0 Å². The molecule has 1 aliphatic heterocycles. The maximum Gasteiger partial charge on any atom is 0.0640 e. The Hall–Kier alpha value is -0.280. The molecule has 2 rings (SSSR count). The van der Waals surface area contributed by atoms with Crippen molar-refractivity contribution >= 4 is 23.2 Å². The van der Waals surface area contributed by atoms with E-state index in [2.05, 4.69) is 30.3 Å². The van der Waals surface area contributed by atoms with Crippen LogP contribution in [0.1, 0.15) is 31.4 Å². The predicted octanol–water partition coefficient (Wildman–Crippen LogP) is 3.99. The summed E-state index contributed by atoms with van der Waals surface area (Å²) < 4.78 is 0. The molecule has 106 valence electrons. The van der Waals surface area contributed by atoms with E-state index in [9.17, 15) is 0 Å². The molecule has 19 heavy (non-hydrogen) atoms. The van der Waals surface area contributed by atoms with Crippen molar-refractivity contribution in [1.82, 2.24) is 10.2 Å². The van der Waals surface area contributed by atoms with E-state index < -0.39 is 0 Å². The number of hydrogen-bond donors (Lipinski definition) is 1. The normalized spacial score (nSPS) is 21.6. The van der Waals surface area contributed by atoms with Crippen molar-refractivity contribution in [2.45, 2.75) is 25.8 Å². The quantitative estimate of drug-likeness (QED) is 0.904. The molecule has 0 saturated carbocycles. The highest BCUT2D eigenvalue weighted by Crippen LogP contribution is 2.32. The van der Waals surface area contributed by atoms with Gasteiger partial charge in [0.25, 0.3) is 0 Å². The van der Waals surface area contributed by atoms with Crippen LogP contribution in [0.4, 0.5) is 0 Å². The van der Waals surface area contributed by atoms with Crippen LogP contribution < -0.4 is 5.32 Å². The Balaban J connectivity index is 2.01. The molecule has 1 saturated heterocycles. The van der Waals surface area contributed by atoms with Crippen molar-refractivity contribution in [3.05, 3.63) is 33.8 Å². The first-order valence-corrected chi connectivity index (χ1v) is 7.70. The minimum atomic E-state index is 0.285. The van der Waals surface area contributed by atoms with Crippen LogP contribution in [0, 0.1) is 5.92 Å². The van der Waals surface area contributed by atoms with E-state index in [1.54, 1.807) is 0 Å². The van der Waals surface area contributed by atoms with Gasteiger partial charge < -0.3 is 5.32 Å². The first-order chi connectivity index (χ1) is 9.09. The molecule has 2 atom stereocenters. The van der Waals surface area contributed by atoms with Crippen LogP contribution in [0.3, 0.4) is 0 Å². The van der Waals surface area contributed by atoms with Crippen molar-refractivity contribution in [2.24, 2.45) is 5.92 Å². The van der Waals surface area contributed by atoms with Gasteiger partial charge in [-0.15, -0.1) is 0 Å². The molecule has 1 N–H and O–H groups in total. The monoisotopic (exact) mass is 300 g/mol. The van der Waals surface area contributed by atoms with Gasteiger partial charge in [-0.25, -0.2) is 0 Å². The summed E-state index contributed by atoms with van der Waals surface area (Å²) in [6, 6.07) is 6.16. The van der Waals surface area contributed by atoms with Gasteiger partial charge in [0, 0.05) is 12.6 Å². The average Bonchev–Trinajstić information content (AvgIpc) is 2.42. The van der Waals surface area contributed by atoms with Crippen molar-refractivity contribution in [3.63, 3.8) is 0 Å². The second kappa shape index (κ2) is 6.94. The number of nitrogens with one attached hydrogen (secondary N) is 1. The van der Waals surface area contributed by atoms with Crippen molar-refractivity contribution in [1.29, 1.82) is 0 Å². The third-order valence-electron chi connectivity index (χ3n) is 4.04. The maximum absolute atomic E-state index is 6.30. The molecular formula is C15H22Cl2N2.